The summed E-state index contributed by atoms with van der Waals surface area (Å²) < 4.78 is 13.4. The molecule has 1 atom stereocenters. The molecule has 9 nitrogen and oxygen atoms in total. The van der Waals surface area contributed by atoms with Gasteiger partial charge in [-0.25, -0.2) is 0 Å². The number of benzene rings is 2. The topological polar surface area (TPSA) is 110 Å². The van der Waals surface area contributed by atoms with Crippen LogP contribution in [0.4, 0.5) is 5.69 Å². The van der Waals surface area contributed by atoms with Gasteiger partial charge in [0.15, 0.2) is 5.52 Å². The molecule has 1 unspecified atom stereocenters. The molecule has 0 aliphatic carbocycles. The van der Waals surface area contributed by atoms with Crippen LogP contribution in [-0.4, -0.2) is 57.3 Å². The fourth-order valence-corrected chi connectivity index (χ4v) is 4.30. The van der Waals surface area contributed by atoms with Gasteiger partial charge in [-0.3, -0.25) is 19.8 Å². The molecule has 4 rings (SSSR count). The van der Waals surface area contributed by atoms with Crippen LogP contribution in [-0.2, 0) is 4.74 Å². The summed E-state index contributed by atoms with van der Waals surface area (Å²) in [4.78, 5) is 25.8. The molecule has 2 heterocycles. The maximum Gasteiger partial charge on any atom is 0.299 e. The van der Waals surface area contributed by atoms with Crippen LogP contribution in [0.3, 0.4) is 0 Å². The van der Waals surface area contributed by atoms with Gasteiger partial charge in [-0.15, -0.1) is 0 Å². The van der Waals surface area contributed by atoms with Gasteiger partial charge >= 0.3 is 0 Å². The van der Waals surface area contributed by atoms with E-state index in [4.69, 9.17) is 16.3 Å². The van der Waals surface area contributed by atoms with Gasteiger partial charge in [-0.2, -0.15) is 8.75 Å². The van der Waals surface area contributed by atoms with Gasteiger partial charge in [0.05, 0.1) is 35.9 Å². The van der Waals surface area contributed by atoms with Crippen LogP contribution in [0.5, 0.6) is 0 Å². The molecule has 0 saturated carbocycles. The summed E-state index contributed by atoms with van der Waals surface area (Å²) in [6.07, 6.45) is 0. The maximum atomic E-state index is 12.8. The number of nitrogens with zero attached hydrogens (tertiary/aromatic N) is 4. The van der Waals surface area contributed by atoms with Crippen molar-refractivity contribution in [1.29, 1.82) is 0 Å². The van der Waals surface area contributed by atoms with E-state index in [9.17, 15) is 14.9 Å². The molecule has 1 N–H and O–H groups in total. The SMILES string of the molecule is O=C(NCC(c1ccccc1Cl)N1CCOCC1)c1cc([N+](=O)[O-])c2nsnc2c1. The second kappa shape index (κ2) is 9.00. The van der Waals surface area contributed by atoms with Crippen LogP contribution in [0, 0.1) is 10.1 Å². The third-order valence-corrected chi connectivity index (χ3v) is 5.89. The lowest BCUT2D eigenvalue weighted by Gasteiger charge is -2.35. The molecule has 1 fully saturated rings. The molecule has 156 valence electrons. The molecule has 1 saturated heterocycles. The predicted molar refractivity (Wildman–Crippen MR) is 113 cm³/mol. The number of hydrogen-bond donors (Lipinski definition) is 1. The molecule has 30 heavy (non-hydrogen) atoms. The lowest BCUT2D eigenvalue weighted by molar-refractivity contribution is -0.383. The molecule has 3 aromatic rings. The van der Waals surface area contributed by atoms with Crippen molar-refractivity contribution in [2.45, 2.75) is 6.04 Å². The number of morpholine rings is 1. The first-order valence-corrected chi connectivity index (χ1v) is 10.4. The van der Waals surface area contributed by atoms with Crippen molar-refractivity contribution in [1.82, 2.24) is 19.0 Å². The van der Waals surface area contributed by atoms with E-state index in [1.54, 1.807) is 0 Å². The Kier molecular flexibility index (Phi) is 6.18. The normalized spacial score (nSPS) is 15.8. The molecular weight excluding hydrogens is 430 g/mol. The number of nitro groups is 1. The minimum absolute atomic E-state index is 0.147. The van der Waals surface area contributed by atoms with E-state index >= 15 is 0 Å². The monoisotopic (exact) mass is 447 g/mol. The average molecular weight is 448 g/mol. The van der Waals surface area contributed by atoms with Gasteiger partial charge < -0.3 is 10.1 Å². The predicted octanol–water partition coefficient (Wildman–Crippen LogP) is 3.06. The first-order valence-electron chi connectivity index (χ1n) is 9.29. The zero-order chi connectivity index (χ0) is 21.1. The van der Waals surface area contributed by atoms with Crippen LogP contribution in [0.1, 0.15) is 22.0 Å². The van der Waals surface area contributed by atoms with Gasteiger partial charge in [0.2, 0.25) is 0 Å². The van der Waals surface area contributed by atoms with Gasteiger partial charge in [0.25, 0.3) is 11.6 Å². The largest absolute Gasteiger partial charge is 0.379 e. The van der Waals surface area contributed by atoms with Crippen LogP contribution in [0.25, 0.3) is 11.0 Å². The quantitative estimate of drug-likeness (QED) is 0.456. The molecule has 0 spiro atoms. The molecule has 1 aromatic heterocycles. The number of carbonyl (C=O) groups is 1. The molecular formula is C19H18ClN5O4S. The van der Waals surface area contributed by atoms with E-state index in [1.165, 1.54) is 12.1 Å². The Labute approximate surface area is 181 Å². The first-order chi connectivity index (χ1) is 14.5. The summed E-state index contributed by atoms with van der Waals surface area (Å²) >= 11 is 7.29. The summed E-state index contributed by atoms with van der Waals surface area (Å²) in [6, 6.07) is 10.1. The Bertz CT molecular complexity index is 1090. The Morgan fingerprint density at radius 2 is 2.07 bits per heavy atom. The highest BCUT2D eigenvalue weighted by Crippen LogP contribution is 2.29. The van der Waals surface area contributed by atoms with Crippen molar-refractivity contribution in [2.24, 2.45) is 0 Å². The zero-order valence-electron chi connectivity index (χ0n) is 15.8. The lowest BCUT2D eigenvalue weighted by atomic mass is 10.0. The van der Waals surface area contributed by atoms with E-state index in [2.05, 4.69) is 19.0 Å². The minimum atomic E-state index is -0.555. The average Bonchev–Trinajstić information content (AvgIpc) is 3.23. The summed E-state index contributed by atoms with van der Waals surface area (Å²) in [6.45, 7) is 2.94. The summed E-state index contributed by atoms with van der Waals surface area (Å²) in [5.74, 6) is -0.418. The lowest BCUT2D eigenvalue weighted by Crippen LogP contribution is -2.44. The highest BCUT2D eigenvalue weighted by molar-refractivity contribution is 7.00. The standard InChI is InChI=1S/C19H18ClN5O4S/c20-14-4-2-1-3-13(14)17(24-5-7-29-8-6-24)11-21-19(26)12-9-15-18(23-30-22-15)16(10-12)25(27)28/h1-4,9-10,17H,5-8,11H2,(H,21,26). The van der Waals surface area contributed by atoms with E-state index in [1.807, 2.05) is 24.3 Å². The summed E-state index contributed by atoms with van der Waals surface area (Å²) in [5.41, 5.74) is 1.36. The van der Waals surface area contributed by atoms with E-state index in [-0.39, 0.29) is 22.8 Å². The Morgan fingerprint density at radius 1 is 1.30 bits per heavy atom. The molecule has 1 aliphatic rings. The number of carbonyl (C=O) groups excluding carboxylic acids is 1. The molecule has 0 bridgehead atoms. The summed E-state index contributed by atoms with van der Waals surface area (Å²) in [7, 11) is 0. The fourth-order valence-electron chi connectivity index (χ4n) is 3.50. The van der Waals surface area contributed by atoms with Crippen LogP contribution in [0.15, 0.2) is 36.4 Å². The van der Waals surface area contributed by atoms with Crippen LogP contribution in [0.2, 0.25) is 5.02 Å². The molecule has 11 heteroatoms. The number of aromatic nitrogens is 2. The van der Waals surface area contributed by atoms with Gasteiger partial charge in [-0.1, -0.05) is 29.8 Å². The highest BCUT2D eigenvalue weighted by Gasteiger charge is 2.26. The van der Waals surface area contributed by atoms with Crippen molar-refractivity contribution >= 4 is 46.0 Å². The third kappa shape index (κ3) is 4.26. The summed E-state index contributed by atoms with van der Waals surface area (Å²) in [5, 5.41) is 14.9. The van der Waals surface area contributed by atoms with E-state index in [0.717, 1.165) is 17.3 Å². The number of rotatable bonds is 6. The maximum absolute atomic E-state index is 12.8. The zero-order valence-corrected chi connectivity index (χ0v) is 17.4. The molecule has 0 radical (unpaired) electrons. The second-order valence-corrected chi connectivity index (χ2v) is 7.72. The van der Waals surface area contributed by atoms with Crippen LogP contribution >= 0.6 is 23.3 Å². The Morgan fingerprint density at radius 3 is 2.80 bits per heavy atom. The number of halogens is 1. The number of non-ortho nitro benzene ring substituents is 1. The highest BCUT2D eigenvalue weighted by atomic mass is 35.5. The molecule has 1 aliphatic heterocycles. The minimum Gasteiger partial charge on any atom is -0.379 e. The van der Waals surface area contributed by atoms with Crippen molar-refractivity contribution in [3.05, 3.63) is 62.7 Å². The molecule has 2 aromatic carbocycles. The van der Waals surface area contributed by atoms with E-state index < -0.39 is 10.8 Å². The van der Waals surface area contributed by atoms with Crippen molar-refractivity contribution in [3.8, 4) is 0 Å². The van der Waals surface area contributed by atoms with Crippen LogP contribution < -0.4 is 5.32 Å². The van der Waals surface area contributed by atoms with Crippen molar-refractivity contribution in [3.63, 3.8) is 0 Å². The number of ether oxygens (including phenoxy) is 1. The van der Waals surface area contributed by atoms with Gasteiger partial charge in [0.1, 0.15) is 5.52 Å². The number of hydrogen-bond acceptors (Lipinski definition) is 8. The number of nitro benzene ring substituents is 1. The second-order valence-electron chi connectivity index (χ2n) is 6.78. The first kappa shape index (κ1) is 20.6. The van der Waals surface area contributed by atoms with Crippen molar-refractivity contribution in [2.75, 3.05) is 32.8 Å². The Balaban J connectivity index is 1.57. The van der Waals surface area contributed by atoms with Gasteiger partial charge in [0, 0.05) is 36.3 Å². The fraction of sp³-hybridized carbons (Fsp3) is 0.316. The smallest absolute Gasteiger partial charge is 0.299 e. The number of nitrogens with one attached hydrogen (secondary N) is 1. The van der Waals surface area contributed by atoms with Crippen molar-refractivity contribution < 1.29 is 14.5 Å². The Hall–Kier alpha value is -2.66. The number of amides is 1. The third-order valence-electron chi connectivity index (χ3n) is 5.01. The van der Waals surface area contributed by atoms with Gasteiger partial charge in [-0.05, 0) is 17.7 Å². The molecule has 1 amide bonds. The van der Waals surface area contributed by atoms with E-state index in [0.29, 0.717) is 43.4 Å². The number of fused-ring (bicyclic) bond motifs is 1.